The van der Waals surface area contributed by atoms with Crippen LogP contribution in [0.2, 0.25) is 0 Å². The lowest BCUT2D eigenvalue weighted by Crippen LogP contribution is -2.23. The van der Waals surface area contributed by atoms with E-state index >= 15 is 0 Å². The van der Waals surface area contributed by atoms with Crippen LogP contribution in [-0.2, 0) is 14.2 Å². The summed E-state index contributed by atoms with van der Waals surface area (Å²) < 4.78 is 16.1. The van der Waals surface area contributed by atoms with Crippen molar-refractivity contribution in [3.8, 4) is 0 Å². The van der Waals surface area contributed by atoms with E-state index in [2.05, 4.69) is 24.2 Å². The normalized spacial score (nSPS) is 12.2. The second-order valence-electron chi connectivity index (χ2n) is 5.94. The second kappa shape index (κ2) is 20.3. The molecule has 0 spiro atoms. The Kier molecular flexibility index (Phi) is 19.7. The van der Waals surface area contributed by atoms with Crippen LogP contribution < -0.4 is 5.32 Å². The molecule has 0 heterocycles. The Labute approximate surface area is 148 Å². The van der Waals surface area contributed by atoms with Gasteiger partial charge in [-0.1, -0.05) is 38.8 Å². The van der Waals surface area contributed by atoms with E-state index in [1.54, 1.807) is 0 Å². The minimum Gasteiger partial charge on any atom is -0.377 e. The van der Waals surface area contributed by atoms with Gasteiger partial charge in [0, 0.05) is 18.8 Å². The standard InChI is InChI=1S/C19H38N2O3/c1-4-5-13-22-15-17-24-18-16-23-14-12-20-10-8-6-7-9-11-21-19(2)3/h4-5,12,19,21H,6-11,13-18H2,1-3H3/b5-4+,20-12?. The van der Waals surface area contributed by atoms with E-state index in [0.29, 0.717) is 45.7 Å². The molecule has 0 bridgehead atoms. The van der Waals surface area contributed by atoms with E-state index in [1.807, 2.05) is 25.3 Å². The van der Waals surface area contributed by atoms with E-state index in [-0.39, 0.29) is 0 Å². The van der Waals surface area contributed by atoms with Crippen LogP contribution in [0.15, 0.2) is 17.1 Å². The van der Waals surface area contributed by atoms with Crippen molar-refractivity contribution >= 4 is 6.21 Å². The van der Waals surface area contributed by atoms with Crippen LogP contribution in [0.4, 0.5) is 0 Å². The largest absolute Gasteiger partial charge is 0.377 e. The molecule has 0 saturated carbocycles. The molecule has 0 amide bonds. The third-order valence-electron chi connectivity index (χ3n) is 3.28. The molecule has 0 saturated heterocycles. The summed E-state index contributed by atoms with van der Waals surface area (Å²) in [5.41, 5.74) is 0. The fourth-order valence-corrected chi connectivity index (χ4v) is 1.94. The predicted octanol–water partition coefficient (Wildman–Crippen LogP) is 3.24. The van der Waals surface area contributed by atoms with Gasteiger partial charge in [-0.2, -0.15) is 0 Å². The van der Waals surface area contributed by atoms with Crippen molar-refractivity contribution in [2.75, 3.05) is 52.7 Å². The number of nitrogens with one attached hydrogen (secondary N) is 1. The summed E-state index contributed by atoms with van der Waals surface area (Å²) in [6.07, 6.45) is 10.8. The Morgan fingerprint density at radius 1 is 0.875 bits per heavy atom. The highest BCUT2D eigenvalue weighted by atomic mass is 16.5. The van der Waals surface area contributed by atoms with Crippen LogP contribution in [0.25, 0.3) is 0 Å². The Hall–Kier alpha value is -0.750. The van der Waals surface area contributed by atoms with Gasteiger partial charge in [0.1, 0.15) is 0 Å². The number of hydrogen-bond acceptors (Lipinski definition) is 5. The van der Waals surface area contributed by atoms with Crippen LogP contribution >= 0.6 is 0 Å². The van der Waals surface area contributed by atoms with E-state index < -0.39 is 0 Å². The molecule has 5 nitrogen and oxygen atoms in total. The van der Waals surface area contributed by atoms with Gasteiger partial charge >= 0.3 is 0 Å². The van der Waals surface area contributed by atoms with Crippen molar-refractivity contribution < 1.29 is 14.2 Å². The molecule has 0 atom stereocenters. The third-order valence-corrected chi connectivity index (χ3v) is 3.28. The smallest absolute Gasteiger partial charge is 0.0815 e. The Morgan fingerprint density at radius 3 is 2.25 bits per heavy atom. The summed E-state index contributed by atoms with van der Waals surface area (Å²) in [6, 6.07) is 0.594. The number of allylic oxidation sites excluding steroid dienone is 1. The molecule has 0 aromatic carbocycles. The van der Waals surface area contributed by atoms with Gasteiger partial charge in [0.15, 0.2) is 0 Å². The van der Waals surface area contributed by atoms with Crippen LogP contribution in [-0.4, -0.2) is 65.0 Å². The summed E-state index contributed by atoms with van der Waals surface area (Å²) in [5, 5.41) is 3.43. The fraction of sp³-hybridized carbons (Fsp3) is 0.842. The van der Waals surface area contributed by atoms with Crippen molar-refractivity contribution in [1.82, 2.24) is 5.32 Å². The summed E-state index contributed by atoms with van der Waals surface area (Å²) in [6.45, 7) is 12.0. The highest BCUT2D eigenvalue weighted by Gasteiger charge is 1.93. The van der Waals surface area contributed by atoms with Gasteiger partial charge in [-0.15, -0.1) is 0 Å². The zero-order valence-electron chi connectivity index (χ0n) is 16.0. The van der Waals surface area contributed by atoms with Crippen LogP contribution in [0.5, 0.6) is 0 Å². The molecule has 24 heavy (non-hydrogen) atoms. The topological polar surface area (TPSA) is 52.1 Å². The summed E-state index contributed by atoms with van der Waals surface area (Å²) >= 11 is 0. The summed E-state index contributed by atoms with van der Waals surface area (Å²) in [7, 11) is 0. The average molecular weight is 343 g/mol. The fourth-order valence-electron chi connectivity index (χ4n) is 1.94. The first-order chi connectivity index (χ1) is 11.8. The van der Waals surface area contributed by atoms with Gasteiger partial charge in [-0.3, -0.25) is 4.99 Å². The average Bonchev–Trinajstić information content (AvgIpc) is 2.56. The minimum absolute atomic E-state index is 0.569. The molecular formula is C19H38N2O3. The zero-order valence-corrected chi connectivity index (χ0v) is 16.0. The molecule has 0 radical (unpaired) electrons. The maximum absolute atomic E-state index is 5.43. The molecule has 0 aliphatic carbocycles. The van der Waals surface area contributed by atoms with E-state index in [9.17, 15) is 0 Å². The molecule has 0 fully saturated rings. The van der Waals surface area contributed by atoms with Crippen molar-refractivity contribution in [2.24, 2.45) is 4.99 Å². The lowest BCUT2D eigenvalue weighted by molar-refractivity contribution is 0.0273. The van der Waals surface area contributed by atoms with Crippen LogP contribution in [0.3, 0.4) is 0 Å². The van der Waals surface area contributed by atoms with Crippen LogP contribution in [0.1, 0.15) is 46.5 Å². The quantitative estimate of drug-likeness (QED) is 0.236. The number of ether oxygens (including phenoxy) is 3. The zero-order chi connectivity index (χ0) is 17.7. The Bertz CT molecular complexity index is 294. The molecule has 0 unspecified atom stereocenters. The number of unbranched alkanes of at least 4 members (excludes halogenated alkanes) is 3. The summed E-state index contributed by atoms with van der Waals surface area (Å²) in [4.78, 5) is 4.36. The van der Waals surface area contributed by atoms with E-state index in [0.717, 1.165) is 19.5 Å². The lowest BCUT2D eigenvalue weighted by Gasteiger charge is -2.06. The first-order valence-electron chi connectivity index (χ1n) is 9.33. The van der Waals surface area contributed by atoms with Crippen molar-refractivity contribution in [3.63, 3.8) is 0 Å². The van der Waals surface area contributed by atoms with E-state index in [1.165, 1.54) is 19.3 Å². The lowest BCUT2D eigenvalue weighted by atomic mass is 10.2. The molecule has 0 aromatic rings. The van der Waals surface area contributed by atoms with Gasteiger partial charge in [0.05, 0.1) is 39.6 Å². The van der Waals surface area contributed by atoms with Crippen molar-refractivity contribution in [3.05, 3.63) is 12.2 Å². The molecule has 0 rings (SSSR count). The molecule has 0 aromatic heterocycles. The third kappa shape index (κ3) is 21.2. The van der Waals surface area contributed by atoms with Gasteiger partial charge in [-0.25, -0.2) is 0 Å². The predicted molar refractivity (Wildman–Crippen MR) is 102 cm³/mol. The monoisotopic (exact) mass is 342 g/mol. The maximum atomic E-state index is 5.43. The Morgan fingerprint density at radius 2 is 1.54 bits per heavy atom. The minimum atomic E-state index is 0.569. The van der Waals surface area contributed by atoms with E-state index in [4.69, 9.17) is 14.2 Å². The van der Waals surface area contributed by atoms with Gasteiger partial charge in [0.25, 0.3) is 0 Å². The molecular weight excluding hydrogens is 304 g/mol. The van der Waals surface area contributed by atoms with Crippen molar-refractivity contribution in [1.29, 1.82) is 0 Å². The van der Waals surface area contributed by atoms with Crippen LogP contribution in [0, 0.1) is 0 Å². The molecule has 1 N–H and O–H groups in total. The number of hydrogen-bond donors (Lipinski definition) is 1. The molecule has 142 valence electrons. The molecule has 5 heteroatoms. The van der Waals surface area contributed by atoms with Gasteiger partial charge < -0.3 is 19.5 Å². The second-order valence-corrected chi connectivity index (χ2v) is 5.94. The molecule has 0 aliphatic heterocycles. The highest BCUT2D eigenvalue weighted by molar-refractivity contribution is 5.58. The van der Waals surface area contributed by atoms with Gasteiger partial charge in [0.2, 0.25) is 0 Å². The maximum Gasteiger partial charge on any atom is 0.0815 e. The van der Waals surface area contributed by atoms with Crippen molar-refractivity contribution in [2.45, 2.75) is 52.5 Å². The summed E-state index contributed by atoms with van der Waals surface area (Å²) in [5.74, 6) is 0. The SMILES string of the molecule is C/C=C/COCCOCCOCC=NCCCCCCNC(C)C. The number of rotatable bonds is 18. The number of nitrogens with zero attached hydrogens (tertiary/aromatic N) is 1. The highest BCUT2D eigenvalue weighted by Crippen LogP contribution is 1.99. The first-order valence-corrected chi connectivity index (χ1v) is 9.33. The first kappa shape index (κ1) is 23.2. The molecule has 0 aliphatic rings. The number of aliphatic imine (C=N–C) groups is 1. The van der Waals surface area contributed by atoms with Gasteiger partial charge in [-0.05, 0) is 26.3 Å². The Balaban J connectivity index is 3.08.